The van der Waals surface area contributed by atoms with E-state index in [0.29, 0.717) is 17.2 Å². The zero-order chi connectivity index (χ0) is 12.3. The Morgan fingerprint density at radius 3 is 2.53 bits per heavy atom. The molecule has 17 heavy (non-hydrogen) atoms. The van der Waals surface area contributed by atoms with Gasteiger partial charge < -0.3 is 11.1 Å². The van der Waals surface area contributed by atoms with Crippen LogP contribution in [0.25, 0.3) is 0 Å². The van der Waals surface area contributed by atoms with Crippen LogP contribution in [0.4, 0.5) is 22.0 Å². The molecule has 6 heteroatoms. The molecule has 2 rings (SSSR count). The Morgan fingerprint density at radius 2 is 1.94 bits per heavy atom. The molecule has 0 aliphatic rings. The molecular formula is C11H13N5O. The molecule has 0 radical (unpaired) electrons. The fourth-order valence-corrected chi connectivity index (χ4v) is 1.34. The number of carbonyl (C=O) groups is 1. The Labute approximate surface area is 98.4 Å². The van der Waals surface area contributed by atoms with Gasteiger partial charge in [-0.2, -0.15) is 5.10 Å². The van der Waals surface area contributed by atoms with Gasteiger partial charge in [0.25, 0.3) is 0 Å². The number of hydrogen-bond donors (Lipinski definition) is 3. The summed E-state index contributed by atoms with van der Waals surface area (Å²) in [4.78, 5) is 11.6. The summed E-state index contributed by atoms with van der Waals surface area (Å²) in [5, 5.41) is 9.31. The average molecular weight is 231 g/mol. The minimum absolute atomic E-state index is 0.321. The van der Waals surface area contributed by atoms with E-state index in [1.165, 1.54) is 0 Å². The number of rotatable bonds is 2. The second kappa shape index (κ2) is 4.56. The lowest BCUT2D eigenvalue weighted by Crippen LogP contribution is -2.20. The molecule has 0 spiro atoms. The van der Waals surface area contributed by atoms with Crippen molar-refractivity contribution in [2.75, 3.05) is 16.4 Å². The number of aromatic nitrogens is 2. The Hall–Kier alpha value is -2.50. The van der Waals surface area contributed by atoms with Crippen molar-refractivity contribution in [2.45, 2.75) is 0 Å². The predicted molar refractivity (Wildman–Crippen MR) is 66.7 cm³/mol. The molecule has 0 saturated carbocycles. The van der Waals surface area contributed by atoms with E-state index in [1.807, 2.05) is 0 Å². The molecule has 0 saturated heterocycles. The Balaban J connectivity index is 1.98. The number of nitrogens with zero attached hydrogens (tertiary/aromatic N) is 2. The van der Waals surface area contributed by atoms with E-state index >= 15 is 0 Å². The van der Waals surface area contributed by atoms with E-state index < -0.39 is 0 Å². The number of aryl methyl sites for hydroxylation is 1. The quantitative estimate of drug-likeness (QED) is 0.687. The Kier molecular flexibility index (Phi) is 2.95. The van der Waals surface area contributed by atoms with Crippen molar-refractivity contribution >= 4 is 23.2 Å². The lowest BCUT2D eigenvalue weighted by Gasteiger charge is -2.07. The maximum atomic E-state index is 11.6. The largest absolute Gasteiger partial charge is 0.399 e. The molecule has 2 aromatic rings. The molecule has 0 aliphatic carbocycles. The van der Waals surface area contributed by atoms with Crippen molar-refractivity contribution in [3.05, 3.63) is 36.5 Å². The smallest absolute Gasteiger partial charge is 0.324 e. The summed E-state index contributed by atoms with van der Waals surface area (Å²) in [6.45, 7) is 0. The third kappa shape index (κ3) is 2.75. The summed E-state index contributed by atoms with van der Waals surface area (Å²) in [6, 6.07) is 8.30. The summed E-state index contributed by atoms with van der Waals surface area (Å²) in [5.74, 6) is 0.623. The lowest BCUT2D eigenvalue weighted by molar-refractivity contribution is 0.262. The molecule has 2 amide bonds. The van der Waals surface area contributed by atoms with Gasteiger partial charge in [-0.1, -0.05) is 0 Å². The first kappa shape index (κ1) is 11.0. The van der Waals surface area contributed by atoms with Crippen LogP contribution in [0.3, 0.4) is 0 Å². The molecule has 6 nitrogen and oxygen atoms in total. The highest BCUT2D eigenvalue weighted by atomic mass is 16.2. The molecule has 0 aliphatic heterocycles. The second-order valence-electron chi connectivity index (χ2n) is 3.54. The maximum absolute atomic E-state index is 11.6. The van der Waals surface area contributed by atoms with Crippen molar-refractivity contribution in [3.63, 3.8) is 0 Å². The van der Waals surface area contributed by atoms with Crippen LogP contribution in [-0.2, 0) is 7.05 Å². The van der Waals surface area contributed by atoms with Gasteiger partial charge in [0, 0.05) is 24.5 Å². The third-order valence-electron chi connectivity index (χ3n) is 2.23. The molecule has 1 heterocycles. The molecule has 1 aromatic heterocycles. The minimum Gasteiger partial charge on any atom is -0.399 e. The van der Waals surface area contributed by atoms with Crippen molar-refractivity contribution < 1.29 is 4.79 Å². The van der Waals surface area contributed by atoms with Crippen LogP contribution in [0.5, 0.6) is 0 Å². The molecule has 0 fully saturated rings. The molecule has 4 N–H and O–H groups in total. The van der Waals surface area contributed by atoms with Gasteiger partial charge in [0.2, 0.25) is 0 Å². The van der Waals surface area contributed by atoms with E-state index in [2.05, 4.69) is 15.7 Å². The first-order valence-corrected chi connectivity index (χ1v) is 5.07. The van der Waals surface area contributed by atoms with Gasteiger partial charge >= 0.3 is 6.03 Å². The first-order chi connectivity index (χ1) is 8.15. The van der Waals surface area contributed by atoms with Gasteiger partial charge in [-0.3, -0.25) is 10.00 Å². The van der Waals surface area contributed by atoms with Crippen molar-refractivity contribution in [2.24, 2.45) is 7.05 Å². The predicted octanol–water partition coefficient (Wildman–Crippen LogP) is 1.65. The van der Waals surface area contributed by atoms with Crippen molar-refractivity contribution in [1.29, 1.82) is 0 Å². The van der Waals surface area contributed by atoms with Crippen LogP contribution in [0.2, 0.25) is 0 Å². The monoisotopic (exact) mass is 231 g/mol. The fourth-order valence-electron chi connectivity index (χ4n) is 1.34. The number of anilines is 3. The highest BCUT2D eigenvalue weighted by Crippen LogP contribution is 2.11. The number of carbonyl (C=O) groups excluding carboxylic acids is 1. The van der Waals surface area contributed by atoms with Gasteiger partial charge in [-0.25, -0.2) is 4.79 Å². The summed E-state index contributed by atoms with van der Waals surface area (Å²) in [6.07, 6.45) is 1.61. The highest BCUT2D eigenvalue weighted by Gasteiger charge is 2.04. The summed E-state index contributed by atoms with van der Waals surface area (Å²) >= 11 is 0. The Bertz CT molecular complexity index is 517. The van der Waals surface area contributed by atoms with Gasteiger partial charge in [-0.05, 0) is 24.3 Å². The molecular weight excluding hydrogens is 218 g/mol. The average Bonchev–Trinajstić information content (AvgIpc) is 2.68. The van der Waals surface area contributed by atoms with Gasteiger partial charge in [0.1, 0.15) is 5.82 Å². The second-order valence-corrected chi connectivity index (χ2v) is 3.54. The summed E-state index contributed by atoms with van der Waals surface area (Å²) < 4.78 is 1.57. The van der Waals surface area contributed by atoms with Crippen LogP contribution < -0.4 is 16.4 Å². The number of urea groups is 1. The van der Waals surface area contributed by atoms with E-state index in [9.17, 15) is 4.79 Å². The first-order valence-electron chi connectivity index (χ1n) is 5.07. The standard InChI is InChI=1S/C11H13N5O/c1-16-10(6-7-13-16)15-11(17)14-9-4-2-8(12)3-5-9/h2-7H,12H2,1H3,(H2,14,15,17). The summed E-state index contributed by atoms with van der Waals surface area (Å²) in [7, 11) is 1.75. The summed E-state index contributed by atoms with van der Waals surface area (Å²) in [5.41, 5.74) is 6.88. The zero-order valence-corrected chi connectivity index (χ0v) is 9.34. The minimum atomic E-state index is -0.321. The Morgan fingerprint density at radius 1 is 1.24 bits per heavy atom. The van der Waals surface area contributed by atoms with E-state index in [-0.39, 0.29) is 6.03 Å². The fraction of sp³-hybridized carbons (Fsp3) is 0.0909. The van der Waals surface area contributed by atoms with Crippen LogP contribution in [0, 0.1) is 0 Å². The molecule has 1 aromatic carbocycles. The normalized spacial score (nSPS) is 9.94. The van der Waals surface area contributed by atoms with Gasteiger partial charge in [0.15, 0.2) is 0 Å². The van der Waals surface area contributed by atoms with E-state index in [1.54, 1.807) is 48.3 Å². The van der Waals surface area contributed by atoms with Crippen molar-refractivity contribution in [1.82, 2.24) is 9.78 Å². The number of amides is 2. The van der Waals surface area contributed by atoms with Crippen LogP contribution >= 0.6 is 0 Å². The molecule has 88 valence electrons. The molecule has 0 atom stereocenters. The van der Waals surface area contributed by atoms with Crippen LogP contribution in [0.15, 0.2) is 36.5 Å². The SMILES string of the molecule is Cn1nccc1NC(=O)Nc1ccc(N)cc1. The molecule has 0 bridgehead atoms. The number of benzene rings is 1. The highest BCUT2D eigenvalue weighted by molar-refractivity contribution is 5.99. The van der Waals surface area contributed by atoms with Gasteiger partial charge in [-0.15, -0.1) is 0 Å². The third-order valence-corrected chi connectivity index (χ3v) is 2.23. The van der Waals surface area contributed by atoms with E-state index in [0.717, 1.165) is 0 Å². The van der Waals surface area contributed by atoms with Crippen LogP contribution in [0.1, 0.15) is 0 Å². The topological polar surface area (TPSA) is 85.0 Å². The van der Waals surface area contributed by atoms with E-state index in [4.69, 9.17) is 5.73 Å². The zero-order valence-electron chi connectivity index (χ0n) is 9.34. The maximum Gasteiger partial charge on any atom is 0.324 e. The number of hydrogen-bond acceptors (Lipinski definition) is 3. The number of nitrogen functional groups attached to an aromatic ring is 1. The molecule has 0 unspecified atom stereocenters. The van der Waals surface area contributed by atoms with Crippen LogP contribution in [-0.4, -0.2) is 15.8 Å². The lowest BCUT2D eigenvalue weighted by atomic mass is 10.3. The van der Waals surface area contributed by atoms with Crippen molar-refractivity contribution in [3.8, 4) is 0 Å². The number of nitrogens with one attached hydrogen (secondary N) is 2. The van der Waals surface area contributed by atoms with Gasteiger partial charge in [0.05, 0.1) is 6.20 Å². The number of nitrogens with two attached hydrogens (primary N) is 1.